The predicted octanol–water partition coefficient (Wildman–Crippen LogP) is 2.05. The summed E-state index contributed by atoms with van der Waals surface area (Å²) in [5.41, 5.74) is 1.34. The Bertz CT molecular complexity index is 512. The maximum atomic E-state index is 13.3. The van der Waals surface area contributed by atoms with Gasteiger partial charge in [-0.1, -0.05) is 13.0 Å². The third-order valence-electron chi connectivity index (χ3n) is 4.24. The van der Waals surface area contributed by atoms with Crippen molar-refractivity contribution >= 4 is 11.7 Å². The molecule has 0 saturated carbocycles. The molecule has 0 spiro atoms. The zero-order valence-electron chi connectivity index (χ0n) is 13.2. The van der Waals surface area contributed by atoms with Crippen LogP contribution in [-0.2, 0) is 0 Å². The van der Waals surface area contributed by atoms with E-state index in [0.717, 1.165) is 25.1 Å². The van der Waals surface area contributed by atoms with Gasteiger partial charge in [-0.2, -0.15) is 0 Å². The molecule has 1 heterocycles. The van der Waals surface area contributed by atoms with E-state index >= 15 is 0 Å². The molecule has 0 aromatic heterocycles. The number of aryl methyl sites for hydroxylation is 1. The summed E-state index contributed by atoms with van der Waals surface area (Å²) < 4.78 is 13.3. The molecule has 1 fully saturated rings. The first-order valence-electron chi connectivity index (χ1n) is 7.72. The summed E-state index contributed by atoms with van der Waals surface area (Å²) in [5.74, 6) is -0.362. The van der Waals surface area contributed by atoms with Gasteiger partial charge in [0.2, 0.25) is 0 Å². The molecule has 122 valence electrons. The SMILES string of the molecule is CCC(CO)N1CCN(C(=O)Nc2cc(F)ccc2C)CC1. The minimum atomic E-state index is -0.362. The average molecular weight is 309 g/mol. The lowest BCUT2D eigenvalue weighted by molar-refractivity contribution is 0.0766. The first kappa shape index (κ1) is 16.7. The molecule has 2 rings (SSSR count). The number of hydrogen-bond acceptors (Lipinski definition) is 3. The maximum absolute atomic E-state index is 13.3. The number of piperazine rings is 1. The van der Waals surface area contributed by atoms with Crippen molar-refractivity contribution in [2.24, 2.45) is 0 Å². The van der Waals surface area contributed by atoms with Gasteiger partial charge >= 0.3 is 6.03 Å². The number of nitrogens with one attached hydrogen (secondary N) is 1. The van der Waals surface area contributed by atoms with Crippen LogP contribution in [0.15, 0.2) is 18.2 Å². The minimum absolute atomic E-state index is 0.144. The molecule has 1 aliphatic heterocycles. The fourth-order valence-electron chi connectivity index (χ4n) is 2.72. The highest BCUT2D eigenvalue weighted by Crippen LogP contribution is 2.17. The van der Waals surface area contributed by atoms with Gasteiger partial charge in [0.15, 0.2) is 0 Å². The van der Waals surface area contributed by atoms with Crippen molar-refractivity contribution in [3.8, 4) is 0 Å². The Balaban J connectivity index is 1.91. The number of carbonyl (C=O) groups excluding carboxylic acids is 1. The molecule has 2 amide bonds. The van der Waals surface area contributed by atoms with Crippen LogP contribution >= 0.6 is 0 Å². The summed E-state index contributed by atoms with van der Waals surface area (Å²) in [6.45, 7) is 6.73. The number of hydrogen-bond donors (Lipinski definition) is 2. The number of halogens is 1. The summed E-state index contributed by atoms with van der Waals surface area (Å²) in [4.78, 5) is 16.2. The van der Waals surface area contributed by atoms with E-state index in [1.54, 1.807) is 11.0 Å². The van der Waals surface area contributed by atoms with Crippen LogP contribution < -0.4 is 5.32 Å². The van der Waals surface area contributed by atoms with Gasteiger partial charge in [0.1, 0.15) is 5.82 Å². The smallest absolute Gasteiger partial charge is 0.321 e. The van der Waals surface area contributed by atoms with Crippen molar-refractivity contribution in [2.45, 2.75) is 26.3 Å². The van der Waals surface area contributed by atoms with Crippen LogP contribution in [0.3, 0.4) is 0 Å². The molecule has 2 N–H and O–H groups in total. The van der Waals surface area contributed by atoms with E-state index in [-0.39, 0.29) is 24.5 Å². The molecule has 1 unspecified atom stereocenters. The average Bonchev–Trinajstić information content (AvgIpc) is 2.53. The van der Waals surface area contributed by atoms with Gasteiger partial charge in [-0.15, -0.1) is 0 Å². The molecule has 6 heteroatoms. The molecule has 1 aromatic carbocycles. The summed E-state index contributed by atoms with van der Waals surface area (Å²) in [6.07, 6.45) is 0.894. The molecule has 5 nitrogen and oxygen atoms in total. The van der Waals surface area contributed by atoms with Crippen molar-refractivity contribution in [1.29, 1.82) is 0 Å². The fourth-order valence-corrected chi connectivity index (χ4v) is 2.72. The number of aliphatic hydroxyl groups is 1. The van der Waals surface area contributed by atoms with Crippen molar-refractivity contribution in [3.63, 3.8) is 0 Å². The number of aliphatic hydroxyl groups excluding tert-OH is 1. The Hall–Kier alpha value is -1.66. The Morgan fingerprint density at radius 1 is 1.36 bits per heavy atom. The number of anilines is 1. The maximum Gasteiger partial charge on any atom is 0.321 e. The molecule has 1 saturated heterocycles. The van der Waals surface area contributed by atoms with E-state index in [4.69, 9.17) is 0 Å². The molecule has 0 bridgehead atoms. The van der Waals surface area contributed by atoms with Crippen LogP contribution in [0.2, 0.25) is 0 Å². The monoisotopic (exact) mass is 309 g/mol. The van der Waals surface area contributed by atoms with Gasteiger partial charge in [0.25, 0.3) is 0 Å². The molecule has 22 heavy (non-hydrogen) atoms. The predicted molar refractivity (Wildman–Crippen MR) is 84.5 cm³/mol. The van der Waals surface area contributed by atoms with Gasteiger partial charge in [-0.3, -0.25) is 4.90 Å². The highest BCUT2D eigenvalue weighted by Gasteiger charge is 2.25. The quantitative estimate of drug-likeness (QED) is 0.895. The molecule has 1 aliphatic rings. The van der Waals surface area contributed by atoms with Gasteiger partial charge in [-0.25, -0.2) is 9.18 Å². The van der Waals surface area contributed by atoms with Crippen LogP contribution in [0.5, 0.6) is 0 Å². The molecular formula is C16H24FN3O2. The second kappa shape index (κ2) is 7.56. The number of rotatable bonds is 4. The standard InChI is InChI=1S/C16H24FN3O2/c1-3-14(11-21)19-6-8-20(9-7-19)16(22)18-15-10-13(17)5-4-12(15)2/h4-5,10,14,21H,3,6-9,11H2,1-2H3,(H,18,22). The van der Waals surface area contributed by atoms with Crippen molar-refractivity contribution in [2.75, 3.05) is 38.1 Å². The Kier molecular flexibility index (Phi) is 5.74. The van der Waals surface area contributed by atoms with E-state index in [9.17, 15) is 14.3 Å². The van der Waals surface area contributed by atoms with Crippen LogP contribution in [0.4, 0.5) is 14.9 Å². The Morgan fingerprint density at radius 2 is 2.05 bits per heavy atom. The number of nitrogens with zero attached hydrogens (tertiary/aromatic N) is 2. The zero-order valence-corrected chi connectivity index (χ0v) is 13.2. The van der Waals surface area contributed by atoms with Crippen molar-refractivity contribution < 1.29 is 14.3 Å². The van der Waals surface area contributed by atoms with Gasteiger partial charge < -0.3 is 15.3 Å². The topological polar surface area (TPSA) is 55.8 Å². The lowest BCUT2D eigenvalue weighted by Gasteiger charge is -2.38. The minimum Gasteiger partial charge on any atom is -0.395 e. The van der Waals surface area contributed by atoms with E-state index in [1.165, 1.54) is 12.1 Å². The highest BCUT2D eigenvalue weighted by atomic mass is 19.1. The lowest BCUT2D eigenvalue weighted by Crippen LogP contribution is -2.53. The Labute approximate surface area is 130 Å². The third kappa shape index (κ3) is 3.96. The summed E-state index contributed by atoms with van der Waals surface area (Å²) >= 11 is 0. The van der Waals surface area contributed by atoms with Crippen LogP contribution in [0, 0.1) is 12.7 Å². The van der Waals surface area contributed by atoms with E-state index in [0.29, 0.717) is 18.8 Å². The molecule has 1 atom stereocenters. The number of amides is 2. The second-order valence-corrected chi connectivity index (χ2v) is 5.66. The molecular weight excluding hydrogens is 285 g/mol. The van der Waals surface area contributed by atoms with E-state index in [1.807, 2.05) is 13.8 Å². The number of urea groups is 1. The van der Waals surface area contributed by atoms with Gasteiger partial charge in [0.05, 0.1) is 6.61 Å². The third-order valence-corrected chi connectivity index (χ3v) is 4.24. The first-order valence-corrected chi connectivity index (χ1v) is 7.72. The number of carbonyl (C=O) groups is 1. The van der Waals surface area contributed by atoms with Crippen LogP contribution in [0.25, 0.3) is 0 Å². The largest absolute Gasteiger partial charge is 0.395 e. The van der Waals surface area contributed by atoms with Gasteiger partial charge in [-0.05, 0) is 31.0 Å². The summed E-state index contributed by atoms with van der Waals surface area (Å²) in [6, 6.07) is 4.32. The first-order chi connectivity index (χ1) is 10.5. The lowest BCUT2D eigenvalue weighted by atomic mass is 10.1. The molecule has 1 aromatic rings. The van der Waals surface area contributed by atoms with E-state index in [2.05, 4.69) is 10.2 Å². The normalized spacial score (nSPS) is 17.4. The van der Waals surface area contributed by atoms with Crippen molar-refractivity contribution in [3.05, 3.63) is 29.6 Å². The zero-order chi connectivity index (χ0) is 16.1. The number of benzene rings is 1. The van der Waals surface area contributed by atoms with Crippen molar-refractivity contribution in [1.82, 2.24) is 9.80 Å². The Morgan fingerprint density at radius 3 is 2.64 bits per heavy atom. The second-order valence-electron chi connectivity index (χ2n) is 5.66. The fraction of sp³-hybridized carbons (Fsp3) is 0.562. The van der Waals surface area contributed by atoms with Gasteiger partial charge in [0, 0.05) is 37.9 Å². The summed E-state index contributed by atoms with van der Waals surface area (Å²) in [7, 11) is 0. The van der Waals surface area contributed by atoms with E-state index < -0.39 is 0 Å². The highest BCUT2D eigenvalue weighted by molar-refractivity contribution is 5.90. The molecule has 0 aliphatic carbocycles. The summed E-state index contributed by atoms with van der Waals surface area (Å²) in [5, 5.41) is 12.1. The van der Waals surface area contributed by atoms with Crippen LogP contribution in [0.1, 0.15) is 18.9 Å². The molecule has 0 radical (unpaired) electrons. The van der Waals surface area contributed by atoms with Crippen LogP contribution in [-0.4, -0.2) is 59.8 Å².